The van der Waals surface area contributed by atoms with E-state index in [1.54, 1.807) is 71.6 Å². The van der Waals surface area contributed by atoms with Crippen molar-refractivity contribution in [3.63, 3.8) is 0 Å². The number of nitrogens with one attached hydrogen (secondary N) is 5. The second-order valence-electron chi connectivity index (χ2n) is 13.0. The van der Waals surface area contributed by atoms with Gasteiger partial charge in [-0.25, -0.2) is 13.2 Å². The van der Waals surface area contributed by atoms with Gasteiger partial charge in [0, 0.05) is 49.5 Å². The zero-order chi connectivity index (χ0) is 37.8. The molecule has 1 aliphatic rings. The molecule has 9 N–H and O–H groups in total. The standard InChI is InChI=1S/C39H46N8O5S/c40-20-16-36(48)44-33-14-12-29(13-15-33)30-7-5-11-34(26-30)53(51,52)46-35(25-28-6-4-8-31(24-28)37(41)42)38(49)47-22-18-27(19-23-47)17-21-43-39(50)45-32-9-2-1-3-10-32/h1-15,24,26-27,35,46H,16-23,25,40H2,(H3,41,42)(H,44,48)(H2,43,45,50)/t35-/m0/s1. The summed E-state index contributed by atoms with van der Waals surface area (Å²) in [5.74, 6) is -0.382. The number of carbonyl (C=O) groups excluding carboxylic acids is 3. The number of urea groups is 1. The van der Waals surface area contributed by atoms with Crippen molar-refractivity contribution in [2.75, 3.05) is 36.8 Å². The quantitative estimate of drug-likeness (QED) is 0.0695. The largest absolute Gasteiger partial charge is 0.384 e. The molecule has 0 bridgehead atoms. The van der Waals surface area contributed by atoms with Crippen LogP contribution in [0.1, 0.15) is 36.8 Å². The Balaban J connectivity index is 1.25. The van der Waals surface area contributed by atoms with Gasteiger partial charge in [-0.3, -0.25) is 15.0 Å². The van der Waals surface area contributed by atoms with Gasteiger partial charge >= 0.3 is 6.03 Å². The summed E-state index contributed by atoms with van der Waals surface area (Å²) in [5, 5.41) is 16.3. The highest BCUT2D eigenvalue weighted by Gasteiger charge is 2.32. The number of carbonyl (C=O) groups is 3. The highest BCUT2D eigenvalue weighted by molar-refractivity contribution is 7.89. The molecule has 1 fully saturated rings. The minimum Gasteiger partial charge on any atom is -0.384 e. The molecule has 4 aromatic rings. The molecule has 5 rings (SSSR count). The maximum absolute atomic E-state index is 14.1. The number of hydrogen-bond acceptors (Lipinski definition) is 7. The lowest BCUT2D eigenvalue weighted by Gasteiger charge is -2.34. The predicted octanol–water partition coefficient (Wildman–Crippen LogP) is 4.26. The normalized spacial score (nSPS) is 13.9. The lowest BCUT2D eigenvalue weighted by molar-refractivity contribution is -0.134. The molecule has 1 heterocycles. The molecule has 14 heteroatoms. The number of rotatable bonds is 15. The van der Waals surface area contributed by atoms with Gasteiger partial charge in [0.25, 0.3) is 0 Å². The summed E-state index contributed by atoms with van der Waals surface area (Å²) in [4.78, 5) is 40.0. The molecule has 4 amide bonds. The second kappa shape index (κ2) is 18.3. The topological polar surface area (TPSA) is 213 Å². The minimum atomic E-state index is -4.18. The van der Waals surface area contributed by atoms with Gasteiger partial charge in [-0.1, -0.05) is 60.7 Å². The molecule has 0 spiro atoms. The molecular weight excluding hydrogens is 693 g/mol. The number of nitrogen functional groups attached to an aromatic ring is 1. The number of anilines is 2. The molecule has 278 valence electrons. The Morgan fingerprint density at radius 3 is 2.23 bits per heavy atom. The van der Waals surface area contributed by atoms with Gasteiger partial charge < -0.3 is 32.3 Å². The first-order chi connectivity index (χ1) is 25.5. The average molecular weight is 739 g/mol. The summed E-state index contributed by atoms with van der Waals surface area (Å²) in [5.41, 5.74) is 15.0. The zero-order valence-corrected chi connectivity index (χ0v) is 30.2. The van der Waals surface area contributed by atoms with E-state index < -0.39 is 16.1 Å². The van der Waals surface area contributed by atoms with Gasteiger partial charge in [0.1, 0.15) is 11.9 Å². The predicted molar refractivity (Wildman–Crippen MR) is 207 cm³/mol. The van der Waals surface area contributed by atoms with E-state index in [9.17, 15) is 22.8 Å². The maximum atomic E-state index is 14.1. The van der Waals surface area contributed by atoms with E-state index in [1.807, 2.05) is 30.3 Å². The third-order valence-electron chi connectivity index (χ3n) is 9.09. The van der Waals surface area contributed by atoms with E-state index in [2.05, 4.69) is 20.7 Å². The number of benzene rings is 4. The van der Waals surface area contributed by atoms with E-state index in [0.717, 1.165) is 12.0 Å². The Labute approximate surface area is 310 Å². The maximum Gasteiger partial charge on any atom is 0.319 e. The van der Waals surface area contributed by atoms with Crippen LogP contribution < -0.4 is 32.1 Å². The number of hydrogen-bond donors (Lipinski definition) is 7. The van der Waals surface area contributed by atoms with Gasteiger partial charge in [-0.05, 0) is 90.8 Å². The number of amidine groups is 1. The summed E-state index contributed by atoms with van der Waals surface area (Å²) < 4.78 is 30.5. The Morgan fingerprint density at radius 2 is 1.53 bits per heavy atom. The van der Waals surface area contributed by atoms with Crippen molar-refractivity contribution in [2.24, 2.45) is 17.4 Å². The van der Waals surface area contributed by atoms with E-state index in [4.69, 9.17) is 16.9 Å². The van der Waals surface area contributed by atoms with E-state index in [-0.39, 0.29) is 53.9 Å². The van der Waals surface area contributed by atoms with Crippen LogP contribution in [0.3, 0.4) is 0 Å². The van der Waals surface area contributed by atoms with Crippen LogP contribution in [0.15, 0.2) is 108 Å². The molecule has 1 atom stereocenters. The van der Waals surface area contributed by atoms with E-state index in [0.29, 0.717) is 60.5 Å². The van der Waals surface area contributed by atoms with Crippen molar-refractivity contribution in [3.05, 3.63) is 114 Å². The van der Waals surface area contributed by atoms with Gasteiger partial charge in [-0.2, -0.15) is 4.72 Å². The van der Waals surface area contributed by atoms with Crippen molar-refractivity contribution >= 4 is 45.1 Å². The van der Waals surface area contributed by atoms with Crippen LogP contribution in [-0.4, -0.2) is 69.2 Å². The molecular formula is C39H46N8O5S. The molecule has 0 saturated carbocycles. The highest BCUT2D eigenvalue weighted by atomic mass is 32.2. The van der Waals surface area contributed by atoms with Gasteiger partial charge in [0.05, 0.1) is 4.90 Å². The molecule has 0 aromatic heterocycles. The lowest BCUT2D eigenvalue weighted by atomic mass is 9.93. The first-order valence-electron chi connectivity index (χ1n) is 17.6. The fourth-order valence-corrected chi connectivity index (χ4v) is 7.46. The van der Waals surface area contributed by atoms with Crippen LogP contribution in [-0.2, 0) is 26.0 Å². The number of para-hydroxylation sites is 1. The molecule has 0 unspecified atom stereocenters. The first kappa shape index (κ1) is 38.7. The SMILES string of the molecule is N=C(N)c1cccc(C[C@H](NS(=O)(=O)c2cccc(-c3ccc(NC(=O)CCN)cc3)c2)C(=O)N2CCC(CCNC(=O)Nc3ccccc3)CC2)c1. The zero-order valence-electron chi connectivity index (χ0n) is 29.4. The number of amides is 4. The monoisotopic (exact) mass is 738 g/mol. The summed E-state index contributed by atoms with van der Waals surface area (Å²) in [6.45, 7) is 1.62. The lowest BCUT2D eigenvalue weighted by Crippen LogP contribution is -2.51. The van der Waals surface area contributed by atoms with E-state index >= 15 is 0 Å². The molecule has 0 aliphatic carbocycles. The van der Waals surface area contributed by atoms with Crippen molar-refractivity contribution < 1.29 is 22.8 Å². The summed E-state index contributed by atoms with van der Waals surface area (Å²) in [6, 6.07) is 28.1. The van der Waals surface area contributed by atoms with Gasteiger partial charge in [0.15, 0.2) is 0 Å². The second-order valence-corrected chi connectivity index (χ2v) is 14.7. The summed E-state index contributed by atoms with van der Waals surface area (Å²) >= 11 is 0. The van der Waals surface area contributed by atoms with Crippen LogP contribution >= 0.6 is 0 Å². The van der Waals surface area contributed by atoms with Crippen molar-refractivity contribution in [1.29, 1.82) is 5.41 Å². The molecule has 53 heavy (non-hydrogen) atoms. The fourth-order valence-electron chi connectivity index (χ4n) is 6.23. The van der Waals surface area contributed by atoms with E-state index in [1.165, 1.54) is 6.07 Å². The van der Waals surface area contributed by atoms with Crippen molar-refractivity contribution in [3.8, 4) is 11.1 Å². The minimum absolute atomic E-state index is 0.00637. The van der Waals surface area contributed by atoms with Gasteiger partial charge in [0.2, 0.25) is 21.8 Å². The molecule has 1 aliphatic heterocycles. The molecule has 0 radical (unpaired) electrons. The fraction of sp³-hybridized carbons (Fsp3) is 0.282. The van der Waals surface area contributed by atoms with Crippen molar-refractivity contribution in [2.45, 2.75) is 43.0 Å². The van der Waals surface area contributed by atoms with Crippen molar-refractivity contribution in [1.82, 2.24) is 14.9 Å². The number of piperidine rings is 1. The van der Waals surface area contributed by atoms with Crippen LogP contribution in [0.4, 0.5) is 16.2 Å². The third kappa shape index (κ3) is 11.2. The van der Waals surface area contributed by atoms with Crippen LogP contribution in [0.2, 0.25) is 0 Å². The third-order valence-corrected chi connectivity index (χ3v) is 10.6. The van der Waals surface area contributed by atoms with Crippen LogP contribution in [0.25, 0.3) is 11.1 Å². The molecule has 13 nitrogen and oxygen atoms in total. The number of nitrogens with zero attached hydrogens (tertiary/aromatic N) is 1. The number of likely N-dealkylation sites (tertiary alicyclic amines) is 1. The average Bonchev–Trinajstić information content (AvgIpc) is 3.15. The Morgan fingerprint density at radius 1 is 0.830 bits per heavy atom. The Kier molecular flexibility index (Phi) is 13.3. The smallest absolute Gasteiger partial charge is 0.319 e. The summed E-state index contributed by atoms with van der Waals surface area (Å²) in [7, 11) is -4.18. The molecule has 4 aromatic carbocycles. The van der Waals surface area contributed by atoms with Gasteiger partial charge in [-0.15, -0.1) is 0 Å². The van der Waals surface area contributed by atoms with Crippen LogP contribution in [0, 0.1) is 11.3 Å². The highest BCUT2D eigenvalue weighted by Crippen LogP contribution is 2.26. The number of nitrogens with two attached hydrogens (primary N) is 2. The first-order valence-corrected chi connectivity index (χ1v) is 19.0. The Bertz CT molecular complexity index is 2000. The Hall–Kier alpha value is -5.57. The molecule has 1 saturated heterocycles. The summed E-state index contributed by atoms with van der Waals surface area (Å²) in [6.07, 6.45) is 2.43. The number of sulfonamides is 1. The van der Waals surface area contributed by atoms with Crippen LogP contribution in [0.5, 0.6) is 0 Å².